The molecule has 3 aromatic rings. The van der Waals surface area contributed by atoms with Crippen LogP contribution in [0.15, 0.2) is 66.5 Å². The van der Waals surface area contributed by atoms with Crippen LogP contribution in [0.5, 0.6) is 11.5 Å². The van der Waals surface area contributed by atoms with Gasteiger partial charge < -0.3 is 14.8 Å². The number of carbonyl (C=O) groups is 2. The molecule has 0 saturated carbocycles. The Kier molecular flexibility index (Phi) is 6.13. The summed E-state index contributed by atoms with van der Waals surface area (Å²) >= 11 is 0. The molecular formula is C26H25N3O4. The van der Waals surface area contributed by atoms with Gasteiger partial charge in [0.05, 0.1) is 37.7 Å². The normalized spacial score (nSPS) is 13.5. The minimum atomic E-state index is -0.420. The average molecular weight is 444 g/mol. The third-order valence-corrected chi connectivity index (χ3v) is 5.68. The van der Waals surface area contributed by atoms with Gasteiger partial charge in [-0.3, -0.25) is 19.5 Å². The van der Waals surface area contributed by atoms with Crippen molar-refractivity contribution in [3.8, 4) is 11.5 Å². The van der Waals surface area contributed by atoms with Crippen LogP contribution < -0.4 is 14.8 Å². The molecule has 7 heteroatoms. The molecule has 168 valence electrons. The van der Waals surface area contributed by atoms with Crippen LogP contribution in [-0.2, 0) is 16.1 Å². The van der Waals surface area contributed by atoms with Crippen LogP contribution in [0.25, 0.3) is 5.57 Å². The molecule has 0 unspecified atom stereocenters. The fourth-order valence-electron chi connectivity index (χ4n) is 3.69. The first-order chi connectivity index (χ1) is 15.9. The van der Waals surface area contributed by atoms with E-state index in [1.165, 1.54) is 12.0 Å². The number of methoxy groups -OCH3 is 2. The molecule has 0 fully saturated rings. The number of rotatable bonds is 7. The molecule has 33 heavy (non-hydrogen) atoms. The number of amides is 2. The van der Waals surface area contributed by atoms with Gasteiger partial charge in [0.15, 0.2) is 0 Å². The van der Waals surface area contributed by atoms with Crippen molar-refractivity contribution in [3.05, 3.63) is 88.9 Å². The van der Waals surface area contributed by atoms with E-state index in [2.05, 4.69) is 10.3 Å². The number of nitrogens with zero attached hydrogens (tertiary/aromatic N) is 2. The monoisotopic (exact) mass is 443 g/mol. The first kappa shape index (κ1) is 22.1. The minimum Gasteiger partial charge on any atom is -0.497 e. The lowest BCUT2D eigenvalue weighted by atomic mass is 9.99. The fourth-order valence-corrected chi connectivity index (χ4v) is 3.69. The van der Waals surface area contributed by atoms with E-state index in [-0.39, 0.29) is 18.1 Å². The highest BCUT2D eigenvalue weighted by Gasteiger charge is 2.39. The van der Waals surface area contributed by atoms with Gasteiger partial charge in [-0.15, -0.1) is 0 Å². The van der Waals surface area contributed by atoms with Crippen molar-refractivity contribution in [3.63, 3.8) is 0 Å². The topological polar surface area (TPSA) is 80.8 Å². The zero-order valence-corrected chi connectivity index (χ0v) is 19.0. The summed E-state index contributed by atoms with van der Waals surface area (Å²) in [6.45, 7) is 4.06. The molecule has 0 spiro atoms. The second-order valence-corrected chi connectivity index (χ2v) is 7.76. The van der Waals surface area contributed by atoms with Gasteiger partial charge >= 0.3 is 0 Å². The molecule has 2 heterocycles. The molecule has 0 bridgehead atoms. The summed E-state index contributed by atoms with van der Waals surface area (Å²) in [6.07, 6.45) is 1.64. The van der Waals surface area contributed by atoms with Crippen LogP contribution >= 0.6 is 0 Å². The maximum absolute atomic E-state index is 13.5. The number of carbonyl (C=O) groups excluding carboxylic acids is 2. The lowest BCUT2D eigenvalue weighted by Crippen LogP contribution is -2.32. The molecule has 0 saturated heterocycles. The van der Waals surface area contributed by atoms with Gasteiger partial charge in [-0.1, -0.05) is 24.3 Å². The van der Waals surface area contributed by atoms with Crippen molar-refractivity contribution in [1.82, 2.24) is 9.88 Å². The summed E-state index contributed by atoms with van der Waals surface area (Å²) in [6, 6.07) is 16.4. The lowest BCUT2D eigenvalue weighted by Gasteiger charge is -2.15. The Morgan fingerprint density at radius 2 is 1.73 bits per heavy atom. The van der Waals surface area contributed by atoms with E-state index in [0.717, 1.165) is 11.1 Å². The Balaban J connectivity index is 1.79. The maximum atomic E-state index is 13.5. The number of aromatic nitrogens is 1. The van der Waals surface area contributed by atoms with Gasteiger partial charge in [-0.05, 0) is 54.8 Å². The minimum absolute atomic E-state index is 0.0811. The SMILES string of the molecule is COc1ccc(NC2=C(c3ccc(C)c(C)c3)C(=O)N(Cc3ccccn3)C2=O)c(OC)c1. The number of pyridine rings is 1. The summed E-state index contributed by atoms with van der Waals surface area (Å²) in [4.78, 5) is 32.5. The average Bonchev–Trinajstić information content (AvgIpc) is 3.06. The smallest absolute Gasteiger partial charge is 0.278 e. The Morgan fingerprint density at radius 3 is 2.39 bits per heavy atom. The van der Waals surface area contributed by atoms with E-state index in [9.17, 15) is 9.59 Å². The van der Waals surface area contributed by atoms with E-state index in [4.69, 9.17) is 9.47 Å². The first-order valence-electron chi connectivity index (χ1n) is 10.5. The summed E-state index contributed by atoms with van der Waals surface area (Å²) < 4.78 is 10.7. The molecule has 1 aromatic heterocycles. The number of hydrogen-bond acceptors (Lipinski definition) is 6. The molecule has 7 nitrogen and oxygen atoms in total. The highest BCUT2D eigenvalue weighted by Crippen LogP contribution is 2.36. The quantitative estimate of drug-likeness (QED) is 0.554. The Bertz CT molecular complexity index is 1250. The lowest BCUT2D eigenvalue weighted by molar-refractivity contribution is -0.137. The van der Waals surface area contributed by atoms with Crippen LogP contribution in [0.3, 0.4) is 0 Å². The van der Waals surface area contributed by atoms with Gasteiger partial charge in [0.25, 0.3) is 11.8 Å². The second-order valence-electron chi connectivity index (χ2n) is 7.76. The van der Waals surface area contributed by atoms with Crippen molar-refractivity contribution in [2.45, 2.75) is 20.4 Å². The number of aryl methyl sites for hydroxylation is 2. The molecule has 4 rings (SSSR count). The van der Waals surface area contributed by atoms with Crippen molar-refractivity contribution in [1.29, 1.82) is 0 Å². The maximum Gasteiger partial charge on any atom is 0.278 e. The Morgan fingerprint density at radius 1 is 0.909 bits per heavy atom. The summed E-state index contributed by atoms with van der Waals surface area (Å²) in [5, 5.41) is 3.16. The molecular weight excluding hydrogens is 418 g/mol. The standard InChI is InChI=1S/C26H25N3O4/c1-16-8-9-18(13-17(16)2)23-24(28-21-11-10-20(32-3)14-22(21)33-4)26(31)29(25(23)30)15-19-7-5-6-12-27-19/h5-14,28H,15H2,1-4H3. The molecule has 1 N–H and O–H groups in total. The van der Waals surface area contributed by atoms with Crippen LogP contribution in [-0.4, -0.2) is 35.9 Å². The van der Waals surface area contributed by atoms with Crippen LogP contribution in [0.1, 0.15) is 22.4 Å². The molecule has 0 atom stereocenters. The van der Waals surface area contributed by atoms with Crippen LogP contribution in [0.4, 0.5) is 5.69 Å². The van der Waals surface area contributed by atoms with Crippen molar-refractivity contribution in [2.24, 2.45) is 0 Å². The van der Waals surface area contributed by atoms with E-state index in [0.29, 0.717) is 34.0 Å². The number of nitrogens with one attached hydrogen (secondary N) is 1. The second kappa shape index (κ2) is 9.16. The zero-order valence-electron chi connectivity index (χ0n) is 19.0. The van der Waals surface area contributed by atoms with E-state index in [1.54, 1.807) is 43.6 Å². The molecule has 0 aliphatic carbocycles. The van der Waals surface area contributed by atoms with E-state index < -0.39 is 5.91 Å². The third kappa shape index (κ3) is 4.30. The summed E-state index contributed by atoms with van der Waals surface area (Å²) in [5.74, 6) is 0.316. The Hall–Kier alpha value is -4.13. The molecule has 2 amide bonds. The third-order valence-electron chi connectivity index (χ3n) is 5.68. The number of imide groups is 1. The zero-order chi connectivity index (χ0) is 23.5. The van der Waals surface area contributed by atoms with Gasteiger partial charge in [0, 0.05) is 12.3 Å². The first-order valence-corrected chi connectivity index (χ1v) is 10.5. The number of ether oxygens (including phenoxy) is 2. The van der Waals surface area contributed by atoms with Crippen molar-refractivity contribution in [2.75, 3.05) is 19.5 Å². The highest BCUT2D eigenvalue weighted by atomic mass is 16.5. The highest BCUT2D eigenvalue weighted by molar-refractivity contribution is 6.36. The van der Waals surface area contributed by atoms with Gasteiger partial charge in [0.1, 0.15) is 17.2 Å². The van der Waals surface area contributed by atoms with Gasteiger partial charge in [-0.2, -0.15) is 0 Å². The predicted octanol–water partition coefficient (Wildman–Crippen LogP) is 4.11. The van der Waals surface area contributed by atoms with Gasteiger partial charge in [0.2, 0.25) is 0 Å². The molecule has 0 radical (unpaired) electrons. The van der Waals surface area contributed by atoms with E-state index in [1.807, 2.05) is 38.1 Å². The van der Waals surface area contributed by atoms with Gasteiger partial charge in [-0.25, -0.2) is 0 Å². The largest absolute Gasteiger partial charge is 0.497 e. The molecule has 2 aromatic carbocycles. The summed E-state index contributed by atoms with van der Waals surface area (Å²) in [5.41, 5.74) is 4.50. The molecule has 1 aliphatic heterocycles. The van der Waals surface area contributed by atoms with Crippen molar-refractivity contribution >= 4 is 23.1 Å². The summed E-state index contributed by atoms with van der Waals surface area (Å²) in [7, 11) is 3.10. The number of hydrogen-bond donors (Lipinski definition) is 1. The van der Waals surface area contributed by atoms with Crippen LogP contribution in [0.2, 0.25) is 0 Å². The predicted molar refractivity (Wildman–Crippen MR) is 126 cm³/mol. The number of benzene rings is 2. The van der Waals surface area contributed by atoms with Crippen molar-refractivity contribution < 1.29 is 19.1 Å². The molecule has 1 aliphatic rings. The fraction of sp³-hybridized carbons (Fsp3) is 0.192. The number of anilines is 1. The van der Waals surface area contributed by atoms with E-state index >= 15 is 0 Å². The van der Waals surface area contributed by atoms with Crippen LogP contribution in [0, 0.1) is 13.8 Å². The Labute approximate surface area is 192 Å².